The molecule has 2 N–H and O–H groups in total. The van der Waals surface area contributed by atoms with Crippen LogP contribution in [-0.4, -0.2) is 54.4 Å². The first-order chi connectivity index (χ1) is 18.7. The van der Waals surface area contributed by atoms with Crippen molar-refractivity contribution in [3.63, 3.8) is 0 Å². The van der Waals surface area contributed by atoms with Gasteiger partial charge in [-0.15, -0.1) is 0 Å². The Morgan fingerprint density at radius 1 is 1.13 bits per heavy atom. The number of hydrogen-bond donors (Lipinski definition) is 2. The summed E-state index contributed by atoms with van der Waals surface area (Å²) in [5.74, 6) is -6.28. The third-order valence-corrected chi connectivity index (χ3v) is 6.66. The maximum atomic E-state index is 14.9. The van der Waals surface area contributed by atoms with Crippen molar-refractivity contribution in [3.8, 4) is 5.75 Å². The van der Waals surface area contributed by atoms with Gasteiger partial charge in [0.2, 0.25) is 11.8 Å². The first kappa shape index (κ1) is 28.2. The zero-order valence-electron chi connectivity index (χ0n) is 21.6. The summed E-state index contributed by atoms with van der Waals surface area (Å²) in [4.78, 5) is 50.3. The molecule has 2 aromatic rings. The van der Waals surface area contributed by atoms with Crippen molar-refractivity contribution in [2.75, 3.05) is 19.8 Å². The van der Waals surface area contributed by atoms with Crippen molar-refractivity contribution in [1.82, 2.24) is 15.5 Å². The molecule has 11 heteroatoms. The number of carbonyl (C=O) groups excluding carboxylic acids is 4. The summed E-state index contributed by atoms with van der Waals surface area (Å²) in [6.45, 7) is 3.16. The third kappa shape index (κ3) is 6.59. The highest BCUT2D eigenvalue weighted by atomic mass is 19.3. The molecule has 9 nitrogen and oxygen atoms in total. The van der Waals surface area contributed by atoms with Crippen LogP contribution in [0.5, 0.6) is 5.75 Å². The van der Waals surface area contributed by atoms with E-state index in [1.165, 1.54) is 17.0 Å². The SMILES string of the molecule is CCCCOCCOc1cccc(C(F)(F)C(=O)NCc2ccc3c(c2)CN(C2CCC(=O)NC2=O)C3=O)c1. The average Bonchev–Trinajstić information content (AvgIpc) is 3.24. The molecule has 4 amide bonds. The minimum Gasteiger partial charge on any atom is -0.491 e. The Hall–Kier alpha value is -3.86. The number of nitrogens with zero attached hydrogens (tertiary/aromatic N) is 1. The number of alkyl halides is 2. The first-order valence-electron chi connectivity index (χ1n) is 12.9. The molecule has 0 saturated carbocycles. The molecular weight excluding hydrogens is 512 g/mol. The number of imide groups is 1. The van der Waals surface area contributed by atoms with Gasteiger partial charge in [0.15, 0.2) is 0 Å². The molecule has 2 aromatic carbocycles. The lowest BCUT2D eigenvalue weighted by atomic mass is 10.0. The van der Waals surface area contributed by atoms with Gasteiger partial charge < -0.3 is 19.7 Å². The molecule has 0 aromatic heterocycles. The summed E-state index contributed by atoms with van der Waals surface area (Å²) in [6, 6.07) is 9.25. The van der Waals surface area contributed by atoms with Gasteiger partial charge in [0.25, 0.3) is 11.8 Å². The Morgan fingerprint density at radius 3 is 2.72 bits per heavy atom. The fourth-order valence-corrected chi connectivity index (χ4v) is 4.51. The van der Waals surface area contributed by atoms with E-state index in [4.69, 9.17) is 9.47 Å². The second-order valence-corrected chi connectivity index (χ2v) is 9.49. The maximum Gasteiger partial charge on any atom is 0.349 e. The second kappa shape index (κ2) is 12.3. The van der Waals surface area contributed by atoms with Gasteiger partial charge in [0.1, 0.15) is 18.4 Å². The predicted molar refractivity (Wildman–Crippen MR) is 136 cm³/mol. The number of carbonyl (C=O) groups is 4. The van der Waals surface area contributed by atoms with E-state index in [-0.39, 0.29) is 50.1 Å². The van der Waals surface area contributed by atoms with Gasteiger partial charge in [0.05, 0.1) is 6.61 Å². The van der Waals surface area contributed by atoms with Crippen molar-refractivity contribution < 1.29 is 37.4 Å². The minimum atomic E-state index is -3.80. The number of fused-ring (bicyclic) bond motifs is 1. The Balaban J connectivity index is 1.33. The number of amides is 4. The van der Waals surface area contributed by atoms with Crippen LogP contribution in [-0.2, 0) is 38.1 Å². The standard InChI is InChI=1S/C28H31F2N3O6/c1-2-3-11-38-12-13-39-21-6-4-5-20(15-21)28(29,30)27(37)31-16-18-7-8-22-19(14-18)17-33(26(22)36)23-9-10-24(34)32-25(23)35/h4-8,14-15,23H,2-3,9-13,16-17H2,1H3,(H,31,37)(H,32,34,35). The van der Waals surface area contributed by atoms with Crippen molar-refractivity contribution in [3.05, 3.63) is 64.7 Å². The molecular formula is C28H31F2N3O6. The van der Waals surface area contributed by atoms with E-state index in [9.17, 15) is 28.0 Å². The number of hydrogen-bond acceptors (Lipinski definition) is 6. The van der Waals surface area contributed by atoms with Crippen LogP contribution < -0.4 is 15.4 Å². The van der Waals surface area contributed by atoms with Crippen molar-refractivity contribution in [1.29, 1.82) is 0 Å². The minimum absolute atomic E-state index is 0.143. The molecule has 1 saturated heterocycles. The van der Waals surface area contributed by atoms with Crippen molar-refractivity contribution in [2.45, 2.75) is 57.7 Å². The van der Waals surface area contributed by atoms with Gasteiger partial charge in [-0.3, -0.25) is 24.5 Å². The van der Waals surface area contributed by atoms with Gasteiger partial charge in [-0.25, -0.2) is 0 Å². The fourth-order valence-electron chi connectivity index (χ4n) is 4.51. The zero-order valence-corrected chi connectivity index (χ0v) is 21.6. The first-order valence-corrected chi connectivity index (χ1v) is 12.9. The summed E-state index contributed by atoms with van der Waals surface area (Å²) in [5.41, 5.74) is 1.04. The van der Waals surface area contributed by atoms with E-state index in [0.717, 1.165) is 25.0 Å². The van der Waals surface area contributed by atoms with Crippen LogP contribution >= 0.6 is 0 Å². The highest BCUT2D eigenvalue weighted by molar-refractivity contribution is 6.05. The summed E-state index contributed by atoms with van der Waals surface area (Å²) in [5, 5.41) is 4.51. The van der Waals surface area contributed by atoms with Gasteiger partial charge >= 0.3 is 5.92 Å². The summed E-state index contributed by atoms with van der Waals surface area (Å²) >= 11 is 0. The molecule has 2 heterocycles. The van der Waals surface area contributed by atoms with Gasteiger partial charge in [-0.1, -0.05) is 37.6 Å². The molecule has 0 spiro atoms. The largest absolute Gasteiger partial charge is 0.491 e. The van der Waals surface area contributed by atoms with E-state index >= 15 is 0 Å². The molecule has 2 aliphatic rings. The van der Waals surface area contributed by atoms with E-state index < -0.39 is 29.3 Å². The molecule has 1 atom stereocenters. The maximum absolute atomic E-state index is 14.9. The fraction of sp³-hybridized carbons (Fsp3) is 0.429. The molecule has 1 unspecified atom stereocenters. The Bertz CT molecular complexity index is 1250. The number of piperidine rings is 1. The van der Waals surface area contributed by atoms with Crippen LogP contribution in [0, 0.1) is 0 Å². The van der Waals surface area contributed by atoms with E-state index in [1.807, 2.05) is 0 Å². The number of nitrogens with one attached hydrogen (secondary N) is 2. The molecule has 0 bridgehead atoms. The summed E-state index contributed by atoms with van der Waals surface area (Å²) < 4.78 is 40.8. The quantitative estimate of drug-likeness (QED) is 0.314. The Morgan fingerprint density at radius 2 is 1.95 bits per heavy atom. The van der Waals surface area contributed by atoms with Crippen LogP contribution in [0.3, 0.4) is 0 Å². The molecule has 4 rings (SSSR count). The number of unbranched alkanes of at least 4 members (excludes halogenated alkanes) is 1. The summed E-state index contributed by atoms with van der Waals surface area (Å²) in [6.07, 6.45) is 2.32. The predicted octanol–water partition coefficient (Wildman–Crippen LogP) is 3.05. The van der Waals surface area contributed by atoms with E-state index in [0.29, 0.717) is 29.9 Å². The van der Waals surface area contributed by atoms with Crippen LogP contribution in [0.15, 0.2) is 42.5 Å². The smallest absolute Gasteiger partial charge is 0.349 e. The Kier molecular flexibility index (Phi) is 8.90. The third-order valence-electron chi connectivity index (χ3n) is 6.66. The molecule has 0 radical (unpaired) electrons. The molecule has 39 heavy (non-hydrogen) atoms. The summed E-state index contributed by atoms with van der Waals surface area (Å²) in [7, 11) is 0. The topological polar surface area (TPSA) is 114 Å². The van der Waals surface area contributed by atoms with E-state index in [2.05, 4.69) is 17.6 Å². The highest BCUT2D eigenvalue weighted by Gasteiger charge is 2.41. The van der Waals surface area contributed by atoms with Crippen LogP contribution in [0.2, 0.25) is 0 Å². The number of rotatable bonds is 12. The van der Waals surface area contributed by atoms with E-state index in [1.54, 1.807) is 18.2 Å². The lowest BCUT2D eigenvalue weighted by Gasteiger charge is -2.29. The molecule has 1 fully saturated rings. The lowest BCUT2D eigenvalue weighted by Crippen LogP contribution is -2.52. The van der Waals surface area contributed by atoms with Crippen LogP contribution in [0.1, 0.15) is 59.7 Å². The number of ether oxygens (including phenoxy) is 2. The van der Waals surface area contributed by atoms with Crippen LogP contribution in [0.4, 0.5) is 8.78 Å². The van der Waals surface area contributed by atoms with Crippen molar-refractivity contribution in [2.24, 2.45) is 0 Å². The zero-order chi connectivity index (χ0) is 28.0. The highest BCUT2D eigenvalue weighted by Crippen LogP contribution is 2.31. The monoisotopic (exact) mass is 543 g/mol. The van der Waals surface area contributed by atoms with Crippen LogP contribution in [0.25, 0.3) is 0 Å². The van der Waals surface area contributed by atoms with Crippen molar-refractivity contribution >= 4 is 23.6 Å². The number of benzene rings is 2. The molecule has 2 aliphatic heterocycles. The lowest BCUT2D eigenvalue weighted by molar-refractivity contribution is -0.147. The Labute approximate surface area is 224 Å². The molecule has 0 aliphatic carbocycles. The van der Waals surface area contributed by atoms with Gasteiger partial charge in [0, 0.05) is 37.2 Å². The molecule has 208 valence electrons. The van der Waals surface area contributed by atoms with Gasteiger partial charge in [-0.05, 0) is 42.2 Å². The second-order valence-electron chi connectivity index (χ2n) is 9.49. The van der Waals surface area contributed by atoms with Gasteiger partial charge in [-0.2, -0.15) is 8.78 Å². The number of halogens is 2. The normalized spacial score (nSPS) is 17.2. The average molecular weight is 544 g/mol.